The van der Waals surface area contributed by atoms with Crippen LogP contribution in [0.2, 0.25) is 0 Å². The highest BCUT2D eigenvalue weighted by Crippen LogP contribution is 2.25. The number of ether oxygens (including phenoxy) is 1. The smallest absolute Gasteiger partial charge is 0.209 e. The number of methoxy groups -OCH3 is 1. The highest BCUT2D eigenvalue weighted by molar-refractivity contribution is 5.70. The van der Waals surface area contributed by atoms with Crippen molar-refractivity contribution in [2.75, 3.05) is 7.11 Å². The summed E-state index contributed by atoms with van der Waals surface area (Å²) < 4.78 is 5.11. The number of azo groups is 1. The summed E-state index contributed by atoms with van der Waals surface area (Å²) in [4.78, 5) is 3.21. The Labute approximate surface area is 111 Å². The summed E-state index contributed by atoms with van der Waals surface area (Å²) >= 11 is 0. The molecule has 3 rings (SSSR count). The molecular formula is C15H14N3O+. The fourth-order valence-electron chi connectivity index (χ4n) is 2.02. The summed E-state index contributed by atoms with van der Waals surface area (Å²) in [6.45, 7) is 0. The molecule has 94 valence electrons. The van der Waals surface area contributed by atoms with Crippen molar-refractivity contribution in [3.8, 4) is 5.75 Å². The standard InChI is InChI=1S/C15H13N3O/c1-19-12-8-6-11(7-9-12)17-18-15-10-16-14-5-3-2-4-13(14)15/h2-10,15H,1H3/p+1. The maximum Gasteiger partial charge on any atom is 0.209 e. The van der Waals surface area contributed by atoms with Crippen LogP contribution in [0.1, 0.15) is 11.6 Å². The molecule has 0 bridgehead atoms. The molecule has 19 heavy (non-hydrogen) atoms. The lowest BCUT2D eigenvalue weighted by atomic mass is 10.1. The van der Waals surface area contributed by atoms with E-state index in [1.54, 1.807) is 7.11 Å². The van der Waals surface area contributed by atoms with E-state index in [9.17, 15) is 0 Å². The van der Waals surface area contributed by atoms with Gasteiger partial charge in [0.2, 0.25) is 5.69 Å². The minimum absolute atomic E-state index is 0.0294. The molecule has 4 nitrogen and oxygen atoms in total. The van der Waals surface area contributed by atoms with Crippen molar-refractivity contribution in [3.05, 3.63) is 54.1 Å². The molecule has 1 N–H and O–H groups in total. The highest BCUT2D eigenvalue weighted by Gasteiger charge is 2.23. The minimum Gasteiger partial charge on any atom is -0.497 e. The maximum atomic E-state index is 5.11. The Bertz CT molecular complexity index is 632. The van der Waals surface area contributed by atoms with Gasteiger partial charge in [-0.1, -0.05) is 12.1 Å². The van der Waals surface area contributed by atoms with E-state index in [-0.39, 0.29) is 6.04 Å². The van der Waals surface area contributed by atoms with Crippen LogP contribution in [-0.2, 0) is 0 Å². The van der Waals surface area contributed by atoms with Crippen molar-refractivity contribution in [2.24, 2.45) is 10.2 Å². The van der Waals surface area contributed by atoms with Crippen LogP contribution in [0.5, 0.6) is 5.75 Å². The first kappa shape index (κ1) is 11.6. The lowest BCUT2D eigenvalue weighted by Crippen LogP contribution is -2.59. The third kappa shape index (κ3) is 2.38. The zero-order valence-corrected chi connectivity index (χ0v) is 10.6. The molecule has 0 aromatic heterocycles. The molecule has 1 atom stereocenters. The first-order valence-corrected chi connectivity index (χ1v) is 6.10. The molecule has 0 spiro atoms. The quantitative estimate of drug-likeness (QED) is 0.837. The molecular weight excluding hydrogens is 238 g/mol. The predicted octanol–water partition coefficient (Wildman–Crippen LogP) is 2.32. The highest BCUT2D eigenvalue weighted by atomic mass is 16.5. The fourth-order valence-corrected chi connectivity index (χ4v) is 2.02. The van der Waals surface area contributed by atoms with Crippen molar-refractivity contribution in [2.45, 2.75) is 6.04 Å². The zero-order valence-electron chi connectivity index (χ0n) is 10.6. The molecule has 1 aliphatic rings. The van der Waals surface area contributed by atoms with Gasteiger partial charge in [-0.25, -0.2) is 4.99 Å². The number of rotatable bonds is 3. The molecule has 0 radical (unpaired) electrons. The second-order valence-electron chi connectivity index (χ2n) is 4.26. The van der Waals surface area contributed by atoms with E-state index in [1.807, 2.05) is 48.7 Å². The van der Waals surface area contributed by atoms with Crippen LogP contribution in [-0.4, -0.2) is 13.3 Å². The van der Waals surface area contributed by atoms with Crippen molar-refractivity contribution in [1.82, 2.24) is 0 Å². The normalized spacial score (nSPS) is 16.8. The predicted molar refractivity (Wildman–Crippen MR) is 73.4 cm³/mol. The SMILES string of the molecule is COc1ccc(N=NC2C=[NH+]c3ccccc32)cc1. The van der Waals surface area contributed by atoms with Crippen molar-refractivity contribution >= 4 is 17.6 Å². The van der Waals surface area contributed by atoms with Crippen molar-refractivity contribution in [1.29, 1.82) is 0 Å². The number of nitrogens with one attached hydrogen (secondary N) is 1. The van der Waals surface area contributed by atoms with Gasteiger partial charge in [0.1, 0.15) is 5.75 Å². The molecule has 0 fully saturated rings. The van der Waals surface area contributed by atoms with E-state index in [0.717, 1.165) is 22.7 Å². The number of fused-ring (bicyclic) bond motifs is 1. The summed E-state index contributed by atoms with van der Waals surface area (Å²) in [5, 5.41) is 8.62. The second kappa shape index (κ2) is 5.02. The molecule has 1 aliphatic heterocycles. The molecule has 1 unspecified atom stereocenters. The van der Waals surface area contributed by atoms with Crippen LogP contribution < -0.4 is 9.73 Å². The Morgan fingerprint density at radius 3 is 2.63 bits per heavy atom. The van der Waals surface area contributed by atoms with Crippen molar-refractivity contribution in [3.63, 3.8) is 0 Å². The van der Waals surface area contributed by atoms with Crippen LogP contribution in [0.4, 0.5) is 11.4 Å². The van der Waals surface area contributed by atoms with Gasteiger partial charge in [0.15, 0.2) is 12.3 Å². The Hall–Kier alpha value is -2.49. The lowest BCUT2D eigenvalue weighted by Gasteiger charge is -2.00. The van der Waals surface area contributed by atoms with E-state index in [4.69, 9.17) is 4.74 Å². The monoisotopic (exact) mass is 252 g/mol. The van der Waals surface area contributed by atoms with Gasteiger partial charge in [-0.05, 0) is 30.3 Å². The number of para-hydroxylation sites is 1. The van der Waals surface area contributed by atoms with Gasteiger partial charge in [-0.2, -0.15) is 10.2 Å². The first-order valence-electron chi connectivity index (χ1n) is 6.10. The second-order valence-corrected chi connectivity index (χ2v) is 4.26. The number of nitrogens with zero attached hydrogens (tertiary/aromatic N) is 2. The molecule has 2 aromatic carbocycles. The van der Waals surface area contributed by atoms with Gasteiger partial charge in [0.25, 0.3) is 0 Å². The van der Waals surface area contributed by atoms with Gasteiger partial charge < -0.3 is 4.74 Å². The molecule has 0 saturated heterocycles. The molecule has 0 amide bonds. The summed E-state index contributed by atoms with van der Waals surface area (Å²) in [5.74, 6) is 0.818. The first-order chi connectivity index (χ1) is 9.36. The summed E-state index contributed by atoms with van der Waals surface area (Å²) in [5.41, 5.74) is 3.07. The van der Waals surface area contributed by atoms with E-state index in [0.29, 0.717) is 0 Å². The Morgan fingerprint density at radius 2 is 1.84 bits per heavy atom. The third-order valence-electron chi connectivity index (χ3n) is 3.05. The third-order valence-corrected chi connectivity index (χ3v) is 3.05. The molecule has 0 aliphatic carbocycles. The average Bonchev–Trinajstić information content (AvgIpc) is 2.89. The Balaban J connectivity index is 1.78. The number of benzene rings is 2. The summed E-state index contributed by atoms with van der Waals surface area (Å²) in [7, 11) is 1.65. The number of hydrogen-bond acceptors (Lipinski definition) is 3. The van der Waals surface area contributed by atoms with Crippen molar-refractivity contribution < 1.29 is 9.73 Å². The van der Waals surface area contributed by atoms with Gasteiger partial charge in [-0.15, -0.1) is 0 Å². The largest absolute Gasteiger partial charge is 0.497 e. The molecule has 4 heteroatoms. The van der Waals surface area contributed by atoms with E-state index in [2.05, 4.69) is 21.3 Å². The van der Waals surface area contributed by atoms with Crippen LogP contribution >= 0.6 is 0 Å². The van der Waals surface area contributed by atoms with E-state index in [1.165, 1.54) is 0 Å². The van der Waals surface area contributed by atoms with Gasteiger partial charge in [0, 0.05) is 6.07 Å². The Kier molecular flexibility index (Phi) is 3.06. The van der Waals surface area contributed by atoms with Crippen LogP contribution in [0.25, 0.3) is 0 Å². The summed E-state index contributed by atoms with van der Waals surface area (Å²) in [6, 6.07) is 15.6. The molecule has 2 aromatic rings. The average molecular weight is 252 g/mol. The lowest BCUT2D eigenvalue weighted by molar-refractivity contribution is -0.344. The topological polar surface area (TPSA) is 47.9 Å². The molecule has 1 heterocycles. The maximum absolute atomic E-state index is 5.11. The van der Waals surface area contributed by atoms with Crippen LogP contribution in [0, 0.1) is 0 Å². The van der Waals surface area contributed by atoms with E-state index < -0.39 is 0 Å². The number of hydrogen-bond donors (Lipinski definition) is 1. The molecule has 0 saturated carbocycles. The van der Waals surface area contributed by atoms with Crippen LogP contribution in [0.15, 0.2) is 58.8 Å². The van der Waals surface area contributed by atoms with E-state index >= 15 is 0 Å². The zero-order chi connectivity index (χ0) is 13.1. The van der Waals surface area contributed by atoms with Gasteiger partial charge in [0.05, 0.1) is 18.4 Å². The Morgan fingerprint density at radius 1 is 1.05 bits per heavy atom. The minimum atomic E-state index is -0.0294. The van der Waals surface area contributed by atoms with Gasteiger partial charge in [-0.3, -0.25) is 0 Å². The van der Waals surface area contributed by atoms with Crippen LogP contribution in [0.3, 0.4) is 0 Å². The summed E-state index contributed by atoms with van der Waals surface area (Å²) in [6.07, 6.45) is 1.94. The fraction of sp³-hybridized carbons (Fsp3) is 0.133. The van der Waals surface area contributed by atoms with Gasteiger partial charge >= 0.3 is 0 Å².